The molecule has 5 heteroatoms. The van der Waals surface area contributed by atoms with Gasteiger partial charge >= 0.3 is 0 Å². The summed E-state index contributed by atoms with van der Waals surface area (Å²) in [5, 5.41) is 0.572. The maximum absolute atomic E-state index is 11.4. The molecule has 72 valence electrons. The number of halogens is 3. The summed E-state index contributed by atoms with van der Waals surface area (Å²) in [5.41, 5.74) is 0. The second kappa shape index (κ2) is 4.65. The Kier molecular flexibility index (Phi) is 4.05. The standard InChI is InChI=1S/C8H7Cl3OS/c1-2-3-4(12)7-5(9)6(10)8(11)13-7/h2-3H2,1H3. The molecule has 0 atom stereocenters. The van der Waals surface area contributed by atoms with Crippen molar-refractivity contribution in [3.8, 4) is 0 Å². The fourth-order valence-corrected chi connectivity index (χ4v) is 2.68. The van der Waals surface area contributed by atoms with Gasteiger partial charge in [-0.1, -0.05) is 41.7 Å². The van der Waals surface area contributed by atoms with E-state index in [1.807, 2.05) is 6.92 Å². The lowest BCUT2D eigenvalue weighted by atomic mass is 10.2. The zero-order valence-corrected chi connectivity index (χ0v) is 9.95. The SMILES string of the molecule is CCCC(=O)c1sc(Cl)c(Cl)c1Cl. The second-order valence-corrected chi connectivity index (χ2v) is 4.88. The lowest BCUT2D eigenvalue weighted by molar-refractivity contribution is 0.0986. The number of Topliss-reactive ketones (excluding diaryl/α,β-unsaturated/α-hetero) is 1. The predicted molar refractivity (Wildman–Crippen MR) is 58.6 cm³/mol. The first-order valence-electron chi connectivity index (χ1n) is 3.74. The van der Waals surface area contributed by atoms with E-state index in [1.54, 1.807) is 0 Å². The van der Waals surface area contributed by atoms with Crippen LogP contribution in [0.25, 0.3) is 0 Å². The van der Waals surface area contributed by atoms with E-state index in [0.717, 1.165) is 17.8 Å². The van der Waals surface area contributed by atoms with Crippen molar-refractivity contribution in [2.24, 2.45) is 0 Å². The van der Waals surface area contributed by atoms with Crippen LogP contribution in [0.15, 0.2) is 0 Å². The largest absolute Gasteiger partial charge is 0.293 e. The molecule has 1 aromatic rings. The van der Waals surface area contributed by atoms with Crippen molar-refractivity contribution in [3.05, 3.63) is 19.3 Å². The number of hydrogen-bond acceptors (Lipinski definition) is 2. The van der Waals surface area contributed by atoms with E-state index in [1.165, 1.54) is 0 Å². The molecule has 1 rings (SSSR count). The Morgan fingerprint density at radius 1 is 1.31 bits per heavy atom. The van der Waals surface area contributed by atoms with E-state index in [2.05, 4.69) is 0 Å². The normalized spacial score (nSPS) is 10.5. The molecule has 0 aliphatic rings. The first-order valence-corrected chi connectivity index (χ1v) is 5.69. The highest BCUT2D eigenvalue weighted by Crippen LogP contribution is 2.40. The van der Waals surface area contributed by atoms with Crippen molar-refractivity contribution < 1.29 is 4.79 Å². The Hall–Kier alpha value is 0.240. The number of carbonyl (C=O) groups excluding carboxylic acids is 1. The van der Waals surface area contributed by atoms with Crippen molar-refractivity contribution in [3.63, 3.8) is 0 Å². The van der Waals surface area contributed by atoms with Gasteiger partial charge in [-0.05, 0) is 6.42 Å². The van der Waals surface area contributed by atoms with E-state index in [0.29, 0.717) is 15.6 Å². The Morgan fingerprint density at radius 2 is 1.92 bits per heavy atom. The van der Waals surface area contributed by atoms with Gasteiger partial charge in [0, 0.05) is 6.42 Å². The van der Waals surface area contributed by atoms with Crippen LogP contribution < -0.4 is 0 Å². The van der Waals surface area contributed by atoms with Crippen LogP contribution >= 0.6 is 46.1 Å². The van der Waals surface area contributed by atoms with Crippen molar-refractivity contribution in [2.45, 2.75) is 19.8 Å². The second-order valence-electron chi connectivity index (χ2n) is 2.51. The predicted octanol–water partition coefficient (Wildman–Crippen LogP) is 4.69. The highest BCUT2D eigenvalue weighted by molar-refractivity contribution is 7.19. The zero-order chi connectivity index (χ0) is 10.0. The molecule has 0 radical (unpaired) electrons. The number of rotatable bonds is 3. The summed E-state index contributed by atoms with van der Waals surface area (Å²) in [6.07, 6.45) is 1.27. The number of carbonyl (C=O) groups is 1. The van der Waals surface area contributed by atoms with Gasteiger partial charge in [0.25, 0.3) is 0 Å². The van der Waals surface area contributed by atoms with Crippen molar-refractivity contribution >= 4 is 51.9 Å². The summed E-state index contributed by atoms with van der Waals surface area (Å²) in [6.45, 7) is 1.93. The molecule has 0 spiro atoms. The molecule has 0 amide bonds. The molecular formula is C8H7Cl3OS. The minimum Gasteiger partial charge on any atom is -0.293 e. The van der Waals surface area contributed by atoms with Gasteiger partial charge < -0.3 is 0 Å². The summed E-state index contributed by atoms with van der Waals surface area (Å²) in [6, 6.07) is 0. The molecule has 0 saturated carbocycles. The lowest BCUT2D eigenvalue weighted by Crippen LogP contribution is -1.94. The maximum Gasteiger partial charge on any atom is 0.174 e. The van der Waals surface area contributed by atoms with Crippen LogP contribution in [0.4, 0.5) is 0 Å². The highest BCUT2D eigenvalue weighted by atomic mass is 35.5. The van der Waals surface area contributed by atoms with E-state index in [9.17, 15) is 4.79 Å². The zero-order valence-electron chi connectivity index (χ0n) is 6.86. The summed E-state index contributed by atoms with van der Waals surface area (Å²) >= 11 is 18.4. The maximum atomic E-state index is 11.4. The molecule has 0 saturated heterocycles. The average molecular weight is 258 g/mol. The van der Waals surface area contributed by atoms with Gasteiger partial charge in [0.1, 0.15) is 4.34 Å². The summed E-state index contributed by atoms with van der Waals surface area (Å²) in [4.78, 5) is 11.9. The van der Waals surface area contributed by atoms with Gasteiger partial charge in [0.15, 0.2) is 5.78 Å². The molecule has 0 N–H and O–H groups in total. The van der Waals surface area contributed by atoms with Gasteiger partial charge in [-0.2, -0.15) is 0 Å². The lowest BCUT2D eigenvalue weighted by Gasteiger charge is -1.94. The van der Waals surface area contributed by atoms with Crippen molar-refractivity contribution in [2.75, 3.05) is 0 Å². The monoisotopic (exact) mass is 256 g/mol. The van der Waals surface area contributed by atoms with Crippen LogP contribution in [0.5, 0.6) is 0 Å². The third-order valence-corrected chi connectivity index (χ3v) is 4.10. The van der Waals surface area contributed by atoms with Crippen LogP contribution in [0.3, 0.4) is 0 Å². The van der Waals surface area contributed by atoms with Crippen molar-refractivity contribution in [1.29, 1.82) is 0 Å². The van der Waals surface area contributed by atoms with Gasteiger partial charge in [0.05, 0.1) is 14.9 Å². The van der Waals surface area contributed by atoms with Crippen LogP contribution in [0.1, 0.15) is 29.4 Å². The van der Waals surface area contributed by atoms with Crippen LogP contribution in [0.2, 0.25) is 14.4 Å². The molecule has 0 fully saturated rings. The molecule has 0 unspecified atom stereocenters. The van der Waals surface area contributed by atoms with E-state index in [-0.39, 0.29) is 15.8 Å². The molecular weight excluding hydrogens is 251 g/mol. The molecule has 0 bridgehead atoms. The van der Waals surface area contributed by atoms with E-state index in [4.69, 9.17) is 34.8 Å². The van der Waals surface area contributed by atoms with Gasteiger partial charge in [-0.3, -0.25) is 4.79 Å². The van der Waals surface area contributed by atoms with Gasteiger partial charge in [-0.25, -0.2) is 0 Å². The molecule has 1 heterocycles. The fourth-order valence-electron chi connectivity index (χ4n) is 0.885. The first-order chi connectivity index (χ1) is 6.07. The fraction of sp³-hybridized carbons (Fsp3) is 0.375. The molecule has 1 aromatic heterocycles. The summed E-state index contributed by atoms with van der Waals surface area (Å²) in [5.74, 6) is 0.00583. The summed E-state index contributed by atoms with van der Waals surface area (Å²) < 4.78 is 0.381. The van der Waals surface area contributed by atoms with Crippen LogP contribution in [-0.2, 0) is 0 Å². The van der Waals surface area contributed by atoms with E-state index < -0.39 is 0 Å². The first kappa shape index (κ1) is 11.3. The number of thiophene rings is 1. The third-order valence-electron chi connectivity index (χ3n) is 1.49. The van der Waals surface area contributed by atoms with E-state index >= 15 is 0 Å². The Bertz CT molecular complexity index is 332. The highest BCUT2D eigenvalue weighted by Gasteiger charge is 2.18. The average Bonchev–Trinajstić information content (AvgIpc) is 2.33. The van der Waals surface area contributed by atoms with Crippen molar-refractivity contribution in [1.82, 2.24) is 0 Å². The molecule has 13 heavy (non-hydrogen) atoms. The Morgan fingerprint density at radius 3 is 2.31 bits per heavy atom. The third kappa shape index (κ3) is 2.38. The Labute approximate surface area is 95.6 Å². The smallest absolute Gasteiger partial charge is 0.174 e. The number of hydrogen-bond donors (Lipinski definition) is 0. The number of ketones is 1. The van der Waals surface area contributed by atoms with Crippen LogP contribution in [-0.4, -0.2) is 5.78 Å². The molecule has 0 aliphatic carbocycles. The molecule has 1 nitrogen and oxygen atoms in total. The van der Waals surface area contributed by atoms with Crippen LogP contribution in [0, 0.1) is 0 Å². The molecule has 0 aliphatic heterocycles. The quantitative estimate of drug-likeness (QED) is 0.718. The summed E-state index contributed by atoms with van der Waals surface area (Å²) in [7, 11) is 0. The topological polar surface area (TPSA) is 17.1 Å². The minimum absolute atomic E-state index is 0.00583. The van der Waals surface area contributed by atoms with Gasteiger partial charge in [0.2, 0.25) is 0 Å². The van der Waals surface area contributed by atoms with Gasteiger partial charge in [-0.15, -0.1) is 11.3 Å². The minimum atomic E-state index is 0.00583. The molecule has 0 aromatic carbocycles. The Balaban J connectivity index is 3.01.